The number of aromatic carboxylic acids is 1. The van der Waals surface area contributed by atoms with Gasteiger partial charge in [0.2, 0.25) is 0 Å². The molecule has 1 aliphatic heterocycles. The maximum absolute atomic E-state index is 13.1. The van der Waals surface area contributed by atoms with Gasteiger partial charge in [-0.15, -0.1) is 0 Å². The molecule has 2 heterocycles. The van der Waals surface area contributed by atoms with Crippen LogP contribution in [-0.2, 0) is 11.0 Å². The van der Waals surface area contributed by atoms with Crippen molar-refractivity contribution in [3.63, 3.8) is 0 Å². The Morgan fingerprint density at radius 3 is 2.38 bits per heavy atom. The van der Waals surface area contributed by atoms with E-state index >= 15 is 0 Å². The quantitative estimate of drug-likeness (QED) is 0.216. The predicted octanol–water partition coefficient (Wildman–Crippen LogP) is 6.91. The summed E-state index contributed by atoms with van der Waals surface area (Å²) in [7, 11) is 1.45. The number of halogens is 3. The molecule has 1 aromatic heterocycles. The van der Waals surface area contributed by atoms with Gasteiger partial charge < -0.3 is 25.0 Å². The van der Waals surface area contributed by atoms with Crippen molar-refractivity contribution >= 4 is 40.8 Å². The Morgan fingerprint density at radius 1 is 0.976 bits per heavy atom. The van der Waals surface area contributed by atoms with Gasteiger partial charge in [-0.3, -0.25) is 9.59 Å². The molecule has 4 aromatic rings. The van der Waals surface area contributed by atoms with E-state index in [1.165, 1.54) is 24.1 Å². The Kier molecular flexibility index (Phi) is 7.11. The summed E-state index contributed by atoms with van der Waals surface area (Å²) < 4.78 is 45.3. The highest BCUT2D eigenvalue weighted by Crippen LogP contribution is 2.38. The molecule has 42 heavy (non-hydrogen) atoms. The van der Waals surface area contributed by atoms with Crippen molar-refractivity contribution in [1.82, 2.24) is 4.98 Å². The number of ether oxygens (including phenoxy) is 1. The van der Waals surface area contributed by atoms with E-state index in [-0.39, 0.29) is 17.0 Å². The molecule has 0 bridgehead atoms. The number of H-pyrrole nitrogens is 1. The van der Waals surface area contributed by atoms with Crippen molar-refractivity contribution < 1.29 is 37.4 Å². The molecule has 0 spiro atoms. The van der Waals surface area contributed by atoms with E-state index in [1.54, 1.807) is 62.4 Å². The van der Waals surface area contributed by atoms with Gasteiger partial charge in [-0.25, -0.2) is 4.79 Å². The van der Waals surface area contributed by atoms with Crippen LogP contribution in [0.2, 0.25) is 0 Å². The minimum absolute atomic E-state index is 0.110. The molecule has 3 N–H and O–H groups in total. The van der Waals surface area contributed by atoms with Crippen LogP contribution in [0.15, 0.2) is 66.7 Å². The fourth-order valence-corrected chi connectivity index (χ4v) is 4.80. The van der Waals surface area contributed by atoms with Crippen molar-refractivity contribution in [1.29, 1.82) is 0 Å². The van der Waals surface area contributed by atoms with Crippen molar-refractivity contribution in [2.75, 3.05) is 17.3 Å². The second-order valence-electron chi connectivity index (χ2n) is 9.73. The number of carbonyl (C=O) groups is 3. The van der Waals surface area contributed by atoms with Crippen LogP contribution in [0.1, 0.15) is 48.8 Å². The number of fused-ring (bicyclic) bond motifs is 1. The summed E-state index contributed by atoms with van der Waals surface area (Å²) in [5, 5.41) is 12.2. The summed E-state index contributed by atoms with van der Waals surface area (Å²) in [5.74, 6) is -1.29. The molecule has 11 heteroatoms. The van der Waals surface area contributed by atoms with E-state index < -0.39 is 23.6 Å². The molecule has 1 aliphatic rings. The summed E-state index contributed by atoms with van der Waals surface area (Å²) in [6.07, 6.45) is -2.96. The maximum atomic E-state index is 13.1. The second-order valence-corrected chi connectivity index (χ2v) is 9.73. The number of aryl methyl sites for hydroxylation is 1. The number of rotatable bonds is 6. The monoisotopic (exact) mass is 575 g/mol. The first-order valence-corrected chi connectivity index (χ1v) is 12.7. The van der Waals surface area contributed by atoms with Gasteiger partial charge in [0.15, 0.2) is 0 Å². The Hall–Kier alpha value is -5.32. The minimum Gasteiger partial charge on any atom is -0.478 e. The van der Waals surface area contributed by atoms with Crippen LogP contribution < -0.4 is 15.0 Å². The number of hydrogen-bond acceptors (Lipinski definition) is 4. The molecule has 0 fully saturated rings. The number of alkyl halides is 3. The molecule has 214 valence electrons. The van der Waals surface area contributed by atoms with Gasteiger partial charge in [0.25, 0.3) is 11.8 Å². The first kappa shape index (κ1) is 28.2. The van der Waals surface area contributed by atoms with Crippen LogP contribution in [0.25, 0.3) is 11.6 Å². The maximum Gasteiger partial charge on any atom is 0.416 e. The molecule has 0 aliphatic carbocycles. The number of aromatic amines is 1. The molecule has 2 amide bonds. The minimum atomic E-state index is -4.57. The number of anilines is 2. The van der Waals surface area contributed by atoms with E-state index in [4.69, 9.17) is 4.74 Å². The number of nitrogens with zero attached hydrogens (tertiary/aromatic N) is 1. The van der Waals surface area contributed by atoms with Crippen LogP contribution in [0, 0.1) is 13.8 Å². The van der Waals surface area contributed by atoms with Crippen LogP contribution >= 0.6 is 0 Å². The van der Waals surface area contributed by atoms with Gasteiger partial charge in [-0.05, 0) is 68.0 Å². The van der Waals surface area contributed by atoms with Crippen molar-refractivity contribution in [2.45, 2.75) is 20.0 Å². The third-order valence-electron chi connectivity index (χ3n) is 6.93. The predicted molar refractivity (Wildman–Crippen MR) is 151 cm³/mol. The summed E-state index contributed by atoms with van der Waals surface area (Å²) in [6.45, 7) is 3.32. The number of hydrogen-bond donors (Lipinski definition) is 3. The molecule has 0 atom stereocenters. The SMILES string of the molecule is Cc1[nH]c(C=C2C(=O)Nc3cc(Oc4cccc(N(C)C(=O)c5cccc(C(F)(F)F)c5)c4)ccc32)c(C)c1C(=O)O. The Bertz CT molecular complexity index is 1790. The van der Waals surface area contributed by atoms with Gasteiger partial charge in [-0.2, -0.15) is 13.2 Å². The zero-order valence-corrected chi connectivity index (χ0v) is 22.6. The summed E-state index contributed by atoms with van der Waals surface area (Å²) in [5.41, 5.74) is 2.51. The van der Waals surface area contributed by atoms with Gasteiger partial charge in [-0.1, -0.05) is 12.1 Å². The molecule has 0 saturated carbocycles. The Morgan fingerprint density at radius 2 is 1.69 bits per heavy atom. The number of nitrogens with one attached hydrogen (secondary N) is 2. The van der Waals surface area contributed by atoms with Gasteiger partial charge in [0, 0.05) is 47.4 Å². The van der Waals surface area contributed by atoms with E-state index in [1.807, 2.05) is 0 Å². The zero-order chi connectivity index (χ0) is 30.3. The highest BCUT2D eigenvalue weighted by Gasteiger charge is 2.31. The molecule has 0 unspecified atom stereocenters. The normalized spacial score (nSPS) is 13.6. The fraction of sp³-hybridized carbons (Fsp3) is 0.129. The number of carbonyl (C=O) groups excluding carboxylic acids is 2. The lowest BCUT2D eigenvalue weighted by Crippen LogP contribution is -2.26. The summed E-state index contributed by atoms with van der Waals surface area (Å²) >= 11 is 0. The van der Waals surface area contributed by atoms with E-state index in [9.17, 15) is 32.7 Å². The van der Waals surface area contributed by atoms with E-state index in [0.29, 0.717) is 51.0 Å². The lowest BCUT2D eigenvalue weighted by Gasteiger charge is -2.19. The van der Waals surface area contributed by atoms with Crippen molar-refractivity contribution in [3.05, 3.63) is 106 Å². The van der Waals surface area contributed by atoms with Gasteiger partial charge >= 0.3 is 12.1 Å². The number of carboxylic acid groups (broad SMARTS) is 1. The lowest BCUT2D eigenvalue weighted by atomic mass is 10.0. The average molecular weight is 576 g/mol. The van der Waals surface area contributed by atoms with Crippen LogP contribution in [0.5, 0.6) is 11.5 Å². The zero-order valence-electron chi connectivity index (χ0n) is 22.6. The number of benzene rings is 3. The topological polar surface area (TPSA) is 112 Å². The molecule has 3 aromatic carbocycles. The molecular weight excluding hydrogens is 551 g/mol. The first-order chi connectivity index (χ1) is 19.8. The number of carboxylic acids is 1. The smallest absolute Gasteiger partial charge is 0.416 e. The summed E-state index contributed by atoms with van der Waals surface area (Å²) in [6, 6.07) is 15.7. The fourth-order valence-electron chi connectivity index (χ4n) is 4.80. The molecule has 0 radical (unpaired) electrons. The van der Waals surface area contributed by atoms with Crippen LogP contribution in [0.3, 0.4) is 0 Å². The highest BCUT2D eigenvalue weighted by molar-refractivity contribution is 6.35. The summed E-state index contributed by atoms with van der Waals surface area (Å²) in [4.78, 5) is 41.5. The standard InChI is InChI=1S/C31H24F3N3O5/c1-16-25(35-17(2)27(16)30(40)41)15-24-23-11-10-22(14-26(23)36-28(24)38)42-21-9-5-8-20(13-21)37(3)29(39)18-6-4-7-19(12-18)31(32,33)34/h4-15,35H,1-3H3,(H,36,38)(H,40,41). The largest absolute Gasteiger partial charge is 0.478 e. The molecule has 5 rings (SSSR count). The van der Waals surface area contributed by atoms with Gasteiger partial charge in [0.05, 0.1) is 22.4 Å². The number of amides is 2. The van der Waals surface area contributed by atoms with Crippen LogP contribution in [0.4, 0.5) is 24.5 Å². The van der Waals surface area contributed by atoms with Crippen molar-refractivity contribution in [2.24, 2.45) is 0 Å². The third-order valence-corrected chi connectivity index (χ3v) is 6.93. The van der Waals surface area contributed by atoms with E-state index in [0.717, 1.165) is 12.1 Å². The average Bonchev–Trinajstić information content (AvgIpc) is 3.40. The van der Waals surface area contributed by atoms with E-state index in [2.05, 4.69) is 10.3 Å². The molecule has 0 saturated heterocycles. The molecule has 8 nitrogen and oxygen atoms in total. The van der Waals surface area contributed by atoms with Gasteiger partial charge in [0.1, 0.15) is 11.5 Å². The third kappa shape index (κ3) is 5.36. The number of aromatic nitrogens is 1. The first-order valence-electron chi connectivity index (χ1n) is 12.7. The van der Waals surface area contributed by atoms with Crippen molar-refractivity contribution in [3.8, 4) is 11.5 Å². The Balaban J connectivity index is 1.36. The highest BCUT2D eigenvalue weighted by atomic mass is 19.4. The molecular formula is C31H24F3N3O5. The second kappa shape index (κ2) is 10.6. The lowest BCUT2D eigenvalue weighted by molar-refractivity contribution is -0.137. The Labute approximate surface area is 238 Å². The van der Waals surface area contributed by atoms with Crippen LogP contribution in [-0.4, -0.2) is 34.9 Å².